The summed E-state index contributed by atoms with van der Waals surface area (Å²) >= 11 is 0. The van der Waals surface area contributed by atoms with Crippen LogP contribution in [0.25, 0.3) is 0 Å². The molecule has 0 fully saturated rings. The minimum Gasteiger partial charge on any atom is -0.307 e. The first-order chi connectivity index (χ1) is 6.16. The van der Waals surface area contributed by atoms with Crippen molar-refractivity contribution in [2.24, 2.45) is 0 Å². The summed E-state index contributed by atoms with van der Waals surface area (Å²) in [4.78, 5) is 2.40. The van der Waals surface area contributed by atoms with Crippen molar-refractivity contribution in [3.8, 4) is 0 Å². The van der Waals surface area contributed by atoms with E-state index in [1.165, 1.54) is 37.2 Å². The molecule has 0 unspecified atom stereocenters. The van der Waals surface area contributed by atoms with Gasteiger partial charge in [0.25, 0.3) is 0 Å². The van der Waals surface area contributed by atoms with E-state index in [2.05, 4.69) is 38.8 Å². The highest BCUT2D eigenvalue weighted by Crippen LogP contribution is 1.98. The molecular weight excluding hydrogens is 174 g/mol. The standard InChI is InChI=1S/C11H25NSi/c1-5-12(4)8-6-9-13-10-7-11(2)3/h7H,5-6,8-10,13H2,1-4H3. The summed E-state index contributed by atoms with van der Waals surface area (Å²) in [6, 6.07) is 2.91. The van der Waals surface area contributed by atoms with Crippen LogP contribution >= 0.6 is 0 Å². The highest BCUT2D eigenvalue weighted by molar-refractivity contribution is 6.36. The molecule has 0 saturated carbocycles. The second kappa shape index (κ2) is 8.51. The minimum absolute atomic E-state index is 0.215. The van der Waals surface area contributed by atoms with E-state index in [0.717, 1.165) is 0 Å². The Hall–Kier alpha value is -0.0831. The van der Waals surface area contributed by atoms with Crippen LogP contribution < -0.4 is 0 Å². The molecule has 0 bridgehead atoms. The van der Waals surface area contributed by atoms with Crippen molar-refractivity contribution >= 4 is 9.52 Å². The Bertz CT molecular complexity index is 139. The molecule has 0 N–H and O–H groups in total. The Labute approximate surface area is 86.0 Å². The summed E-state index contributed by atoms with van der Waals surface area (Å²) < 4.78 is 0. The van der Waals surface area contributed by atoms with Crippen LogP contribution in [0, 0.1) is 0 Å². The van der Waals surface area contributed by atoms with Crippen molar-refractivity contribution in [1.29, 1.82) is 0 Å². The molecule has 1 nitrogen and oxygen atoms in total. The van der Waals surface area contributed by atoms with Gasteiger partial charge in [-0.15, -0.1) is 0 Å². The predicted molar refractivity (Wildman–Crippen MR) is 65.4 cm³/mol. The third-order valence-electron chi connectivity index (χ3n) is 2.34. The Morgan fingerprint density at radius 3 is 2.62 bits per heavy atom. The zero-order valence-corrected chi connectivity index (χ0v) is 11.2. The highest BCUT2D eigenvalue weighted by Gasteiger charge is 1.93. The van der Waals surface area contributed by atoms with Gasteiger partial charge in [-0.2, -0.15) is 0 Å². The molecule has 78 valence electrons. The Balaban J connectivity index is 3.13. The lowest BCUT2D eigenvalue weighted by molar-refractivity contribution is 0.353. The van der Waals surface area contributed by atoms with Gasteiger partial charge in [-0.05, 0) is 46.4 Å². The Kier molecular flexibility index (Phi) is 8.46. The van der Waals surface area contributed by atoms with Gasteiger partial charge in [-0.25, -0.2) is 0 Å². The van der Waals surface area contributed by atoms with Crippen molar-refractivity contribution < 1.29 is 0 Å². The van der Waals surface area contributed by atoms with E-state index in [0.29, 0.717) is 0 Å². The van der Waals surface area contributed by atoms with E-state index in [1.807, 2.05) is 0 Å². The summed E-state index contributed by atoms with van der Waals surface area (Å²) in [6.45, 7) is 9.09. The maximum atomic E-state index is 2.40. The number of allylic oxidation sites excluding steroid dienone is 2. The summed E-state index contributed by atoms with van der Waals surface area (Å²) in [7, 11) is 2.42. The summed E-state index contributed by atoms with van der Waals surface area (Å²) in [5.74, 6) is 0. The van der Waals surface area contributed by atoms with Crippen LogP contribution in [0.1, 0.15) is 27.2 Å². The molecule has 0 heterocycles. The second-order valence-electron chi connectivity index (χ2n) is 4.03. The van der Waals surface area contributed by atoms with Crippen molar-refractivity contribution in [2.75, 3.05) is 20.1 Å². The van der Waals surface area contributed by atoms with E-state index in [1.54, 1.807) is 0 Å². The molecule has 13 heavy (non-hydrogen) atoms. The SMILES string of the molecule is CCN(C)CCC[SiH2]CC=C(C)C. The largest absolute Gasteiger partial charge is 0.307 e. The molecule has 0 aromatic carbocycles. The molecule has 0 aliphatic carbocycles. The average Bonchev–Trinajstić information content (AvgIpc) is 2.10. The third-order valence-corrected chi connectivity index (χ3v) is 4.03. The average molecular weight is 199 g/mol. The van der Waals surface area contributed by atoms with Crippen LogP contribution in [-0.2, 0) is 0 Å². The van der Waals surface area contributed by atoms with E-state index >= 15 is 0 Å². The van der Waals surface area contributed by atoms with Gasteiger partial charge in [0.1, 0.15) is 0 Å². The fourth-order valence-electron chi connectivity index (χ4n) is 1.25. The molecule has 0 amide bonds. The first-order valence-corrected chi connectivity index (χ1v) is 7.48. The maximum absolute atomic E-state index is 2.40. The van der Waals surface area contributed by atoms with Crippen LogP contribution in [0.5, 0.6) is 0 Å². The molecule has 0 rings (SSSR count). The number of nitrogens with zero attached hydrogens (tertiary/aromatic N) is 1. The Morgan fingerprint density at radius 2 is 2.08 bits per heavy atom. The lowest BCUT2D eigenvalue weighted by atomic mass is 10.3. The number of hydrogen-bond acceptors (Lipinski definition) is 1. The fraction of sp³-hybridized carbons (Fsp3) is 0.818. The molecule has 0 aromatic heterocycles. The molecule has 0 radical (unpaired) electrons. The van der Waals surface area contributed by atoms with Crippen molar-refractivity contribution in [3.05, 3.63) is 11.6 Å². The molecule has 0 saturated heterocycles. The zero-order valence-electron chi connectivity index (χ0n) is 9.77. The van der Waals surface area contributed by atoms with Crippen LogP contribution in [0.3, 0.4) is 0 Å². The lowest BCUT2D eigenvalue weighted by Gasteiger charge is -2.12. The van der Waals surface area contributed by atoms with Crippen molar-refractivity contribution in [1.82, 2.24) is 4.90 Å². The molecule has 0 aliphatic heterocycles. The third kappa shape index (κ3) is 9.83. The normalized spacial score (nSPS) is 11.5. The van der Waals surface area contributed by atoms with Crippen LogP contribution in [0.4, 0.5) is 0 Å². The zero-order chi connectivity index (χ0) is 10.1. The van der Waals surface area contributed by atoms with Crippen molar-refractivity contribution in [2.45, 2.75) is 39.3 Å². The molecular formula is C11H25NSi. The second-order valence-corrected chi connectivity index (χ2v) is 6.02. The van der Waals surface area contributed by atoms with Gasteiger partial charge in [-0.1, -0.05) is 24.6 Å². The van der Waals surface area contributed by atoms with E-state index in [9.17, 15) is 0 Å². The summed E-state index contributed by atoms with van der Waals surface area (Å²) in [5, 5.41) is 0. The predicted octanol–water partition coefficient (Wildman–Crippen LogP) is 2.30. The molecule has 0 aliphatic rings. The summed E-state index contributed by atoms with van der Waals surface area (Å²) in [5.41, 5.74) is 1.48. The summed E-state index contributed by atoms with van der Waals surface area (Å²) in [6.07, 6.45) is 3.81. The molecule has 0 atom stereocenters. The van der Waals surface area contributed by atoms with Gasteiger partial charge in [0, 0.05) is 9.52 Å². The van der Waals surface area contributed by atoms with Gasteiger partial charge in [0.15, 0.2) is 0 Å². The lowest BCUT2D eigenvalue weighted by Crippen LogP contribution is -2.18. The maximum Gasteiger partial charge on any atom is 0.0240 e. The molecule has 0 aromatic rings. The van der Waals surface area contributed by atoms with Gasteiger partial charge >= 0.3 is 0 Å². The van der Waals surface area contributed by atoms with E-state index < -0.39 is 0 Å². The van der Waals surface area contributed by atoms with Gasteiger partial charge in [0.05, 0.1) is 0 Å². The fourth-order valence-corrected chi connectivity index (χ4v) is 2.90. The van der Waals surface area contributed by atoms with Crippen LogP contribution in [0.15, 0.2) is 11.6 Å². The first-order valence-electron chi connectivity index (χ1n) is 5.48. The van der Waals surface area contributed by atoms with E-state index in [-0.39, 0.29) is 9.52 Å². The minimum atomic E-state index is 0.215. The van der Waals surface area contributed by atoms with Crippen LogP contribution in [-0.4, -0.2) is 34.6 Å². The highest BCUT2D eigenvalue weighted by atomic mass is 28.2. The monoisotopic (exact) mass is 199 g/mol. The molecule has 0 spiro atoms. The number of rotatable bonds is 7. The smallest absolute Gasteiger partial charge is 0.0240 e. The van der Waals surface area contributed by atoms with Gasteiger partial charge in [0.2, 0.25) is 0 Å². The van der Waals surface area contributed by atoms with E-state index in [4.69, 9.17) is 0 Å². The first kappa shape index (κ1) is 12.9. The molecule has 2 heteroatoms. The Morgan fingerprint density at radius 1 is 1.38 bits per heavy atom. The topological polar surface area (TPSA) is 3.24 Å². The quantitative estimate of drug-likeness (QED) is 0.345. The van der Waals surface area contributed by atoms with Gasteiger partial charge in [-0.3, -0.25) is 0 Å². The number of hydrogen-bond donors (Lipinski definition) is 0. The van der Waals surface area contributed by atoms with Crippen molar-refractivity contribution in [3.63, 3.8) is 0 Å². The van der Waals surface area contributed by atoms with Gasteiger partial charge < -0.3 is 4.90 Å². The van der Waals surface area contributed by atoms with Crippen LogP contribution in [0.2, 0.25) is 12.1 Å².